The number of anilines is 2. The number of nitrogens with zero attached hydrogens (tertiary/aromatic N) is 4. The molecule has 112 valence electrons. The summed E-state index contributed by atoms with van der Waals surface area (Å²) in [5.74, 6) is 2.82. The Morgan fingerprint density at radius 1 is 1.29 bits per heavy atom. The molecule has 6 heteroatoms. The summed E-state index contributed by atoms with van der Waals surface area (Å²) >= 11 is 0. The molecule has 0 atom stereocenters. The summed E-state index contributed by atoms with van der Waals surface area (Å²) in [5.41, 5.74) is 1.17. The van der Waals surface area contributed by atoms with Crippen LogP contribution in [0.1, 0.15) is 11.3 Å². The van der Waals surface area contributed by atoms with Gasteiger partial charge >= 0.3 is 0 Å². The van der Waals surface area contributed by atoms with E-state index < -0.39 is 0 Å². The van der Waals surface area contributed by atoms with Crippen molar-refractivity contribution in [3.63, 3.8) is 0 Å². The van der Waals surface area contributed by atoms with Crippen LogP contribution in [0.4, 0.5) is 11.6 Å². The Morgan fingerprint density at radius 3 is 2.81 bits per heavy atom. The normalized spacial score (nSPS) is 15.2. The van der Waals surface area contributed by atoms with E-state index in [4.69, 9.17) is 9.15 Å². The molecule has 1 saturated heterocycles. The van der Waals surface area contributed by atoms with Gasteiger partial charge in [-0.25, -0.2) is 9.97 Å². The molecule has 0 spiro atoms. The zero-order chi connectivity index (χ0) is 14.7. The topological polar surface area (TPSA) is 54.6 Å². The number of aromatic nitrogens is 2. The highest BCUT2D eigenvalue weighted by Gasteiger charge is 2.14. The van der Waals surface area contributed by atoms with Crippen molar-refractivity contribution < 1.29 is 9.15 Å². The minimum Gasteiger partial charge on any atom is -0.469 e. The van der Waals surface area contributed by atoms with E-state index in [1.54, 1.807) is 12.6 Å². The van der Waals surface area contributed by atoms with Crippen LogP contribution in [0, 0.1) is 6.92 Å². The van der Waals surface area contributed by atoms with E-state index in [9.17, 15) is 0 Å². The summed E-state index contributed by atoms with van der Waals surface area (Å²) in [6.45, 7) is 6.00. The maximum Gasteiger partial charge on any atom is 0.134 e. The van der Waals surface area contributed by atoms with Gasteiger partial charge in [-0.15, -0.1) is 0 Å². The van der Waals surface area contributed by atoms with Crippen LogP contribution in [0.3, 0.4) is 0 Å². The van der Waals surface area contributed by atoms with Gasteiger partial charge in [-0.05, 0) is 13.0 Å². The zero-order valence-corrected chi connectivity index (χ0v) is 12.5. The van der Waals surface area contributed by atoms with Crippen molar-refractivity contribution in [3.05, 3.63) is 36.0 Å². The lowest BCUT2D eigenvalue weighted by atomic mass is 10.2. The van der Waals surface area contributed by atoms with E-state index >= 15 is 0 Å². The van der Waals surface area contributed by atoms with Crippen molar-refractivity contribution in [3.8, 4) is 0 Å². The van der Waals surface area contributed by atoms with Crippen LogP contribution in [0.5, 0.6) is 0 Å². The highest BCUT2D eigenvalue weighted by molar-refractivity contribution is 5.50. The van der Waals surface area contributed by atoms with E-state index in [0.29, 0.717) is 0 Å². The smallest absolute Gasteiger partial charge is 0.134 e. The predicted molar refractivity (Wildman–Crippen MR) is 80.6 cm³/mol. The first kappa shape index (κ1) is 13.9. The fourth-order valence-corrected chi connectivity index (χ4v) is 2.42. The zero-order valence-electron chi connectivity index (χ0n) is 12.5. The van der Waals surface area contributed by atoms with Crippen molar-refractivity contribution in [1.29, 1.82) is 0 Å². The van der Waals surface area contributed by atoms with Gasteiger partial charge in [0.15, 0.2) is 0 Å². The lowest BCUT2D eigenvalue weighted by molar-refractivity contribution is 0.122. The van der Waals surface area contributed by atoms with Gasteiger partial charge in [0, 0.05) is 38.3 Å². The number of rotatable bonds is 4. The van der Waals surface area contributed by atoms with Crippen LogP contribution in [0.15, 0.2) is 29.1 Å². The summed E-state index contributed by atoms with van der Waals surface area (Å²) < 4.78 is 10.7. The molecule has 2 aromatic heterocycles. The molecule has 3 rings (SSSR count). The molecule has 21 heavy (non-hydrogen) atoms. The third-order valence-corrected chi connectivity index (χ3v) is 3.74. The highest BCUT2D eigenvalue weighted by Crippen LogP contribution is 2.20. The molecule has 3 heterocycles. The third-order valence-electron chi connectivity index (χ3n) is 3.74. The number of aryl methyl sites for hydroxylation is 1. The largest absolute Gasteiger partial charge is 0.469 e. The van der Waals surface area contributed by atoms with E-state index in [-0.39, 0.29) is 0 Å². The Balaban J connectivity index is 1.74. The molecule has 0 aliphatic carbocycles. The lowest BCUT2D eigenvalue weighted by Crippen LogP contribution is -2.36. The van der Waals surface area contributed by atoms with Crippen LogP contribution >= 0.6 is 0 Å². The van der Waals surface area contributed by atoms with Crippen molar-refractivity contribution >= 4 is 11.6 Å². The Labute approximate surface area is 124 Å². The fraction of sp³-hybridized carbons (Fsp3) is 0.467. The van der Waals surface area contributed by atoms with Gasteiger partial charge < -0.3 is 19.0 Å². The number of morpholine rings is 1. The average molecular weight is 288 g/mol. The van der Waals surface area contributed by atoms with Crippen LogP contribution in [0.2, 0.25) is 0 Å². The molecular weight excluding hydrogens is 268 g/mol. The van der Waals surface area contributed by atoms with Gasteiger partial charge in [0.2, 0.25) is 0 Å². The minimum atomic E-state index is 0.753. The van der Waals surface area contributed by atoms with Crippen LogP contribution in [-0.2, 0) is 11.3 Å². The molecule has 2 aromatic rings. The van der Waals surface area contributed by atoms with E-state index in [0.717, 1.165) is 50.2 Å². The van der Waals surface area contributed by atoms with E-state index in [1.165, 1.54) is 5.56 Å². The first-order chi connectivity index (χ1) is 10.2. The van der Waals surface area contributed by atoms with Crippen LogP contribution < -0.4 is 9.80 Å². The predicted octanol–water partition coefficient (Wildman–Crippen LogP) is 1.85. The lowest BCUT2D eigenvalue weighted by Gasteiger charge is -2.28. The molecular formula is C15H20N4O2. The highest BCUT2D eigenvalue weighted by atomic mass is 16.5. The summed E-state index contributed by atoms with van der Waals surface area (Å²) in [6.07, 6.45) is 3.34. The first-order valence-electron chi connectivity index (χ1n) is 7.13. The van der Waals surface area contributed by atoms with E-state index in [1.807, 2.05) is 26.1 Å². The molecule has 0 unspecified atom stereocenters. The molecule has 1 fully saturated rings. The molecule has 0 saturated carbocycles. The summed E-state index contributed by atoms with van der Waals surface area (Å²) in [4.78, 5) is 13.1. The number of hydrogen-bond acceptors (Lipinski definition) is 6. The van der Waals surface area contributed by atoms with Gasteiger partial charge in [0.05, 0.1) is 19.5 Å². The minimum absolute atomic E-state index is 0.753. The number of hydrogen-bond donors (Lipinski definition) is 0. The Kier molecular flexibility index (Phi) is 4.06. The fourth-order valence-electron chi connectivity index (χ4n) is 2.42. The molecule has 0 bridgehead atoms. The van der Waals surface area contributed by atoms with Crippen LogP contribution in [0.25, 0.3) is 0 Å². The van der Waals surface area contributed by atoms with Gasteiger partial charge in [0.25, 0.3) is 0 Å². The molecule has 0 aromatic carbocycles. The first-order valence-corrected chi connectivity index (χ1v) is 7.13. The number of furan rings is 1. The van der Waals surface area contributed by atoms with Crippen LogP contribution in [-0.4, -0.2) is 43.3 Å². The average Bonchev–Trinajstić information content (AvgIpc) is 2.93. The molecule has 0 radical (unpaired) electrons. The van der Waals surface area contributed by atoms with Gasteiger partial charge in [-0.1, -0.05) is 0 Å². The second-order valence-corrected chi connectivity index (χ2v) is 5.19. The van der Waals surface area contributed by atoms with Gasteiger partial charge in [0.1, 0.15) is 23.7 Å². The summed E-state index contributed by atoms with van der Waals surface area (Å²) in [7, 11) is 2.03. The summed E-state index contributed by atoms with van der Waals surface area (Å²) in [5, 5.41) is 0. The maximum atomic E-state index is 5.38. The standard InChI is InChI=1S/C15H20N4O2/c1-12-13(3-6-21-12)10-18(2)14-9-15(17-11-16-14)19-4-7-20-8-5-19/h3,6,9,11H,4-5,7-8,10H2,1-2H3. The quantitative estimate of drug-likeness (QED) is 0.856. The van der Waals surface area contributed by atoms with Gasteiger partial charge in [-0.2, -0.15) is 0 Å². The SMILES string of the molecule is Cc1occc1CN(C)c1cc(N2CCOCC2)ncn1. The monoisotopic (exact) mass is 288 g/mol. The number of ether oxygens (including phenoxy) is 1. The van der Waals surface area contributed by atoms with Crippen molar-refractivity contribution in [2.45, 2.75) is 13.5 Å². The Morgan fingerprint density at radius 2 is 2.10 bits per heavy atom. The second kappa shape index (κ2) is 6.13. The van der Waals surface area contributed by atoms with E-state index in [2.05, 4.69) is 19.8 Å². The molecule has 1 aliphatic rings. The Bertz CT molecular complexity index is 593. The Hall–Kier alpha value is -2.08. The van der Waals surface area contributed by atoms with Gasteiger partial charge in [-0.3, -0.25) is 0 Å². The third kappa shape index (κ3) is 3.16. The molecule has 0 N–H and O–H groups in total. The second-order valence-electron chi connectivity index (χ2n) is 5.19. The molecule has 6 nitrogen and oxygen atoms in total. The molecule has 1 aliphatic heterocycles. The molecule has 0 amide bonds. The van der Waals surface area contributed by atoms with Crippen molar-refractivity contribution in [2.24, 2.45) is 0 Å². The summed E-state index contributed by atoms with van der Waals surface area (Å²) in [6, 6.07) is 4.02. The van der Waals surface area contributed by atoms with Crippen molar-refractivity contribution in [2.75, 3.05) is 43.2 Å². The van der Waals surface area contributed by atoms with Crippen molar-refractivity contribution in [1.82, 2.24) is 9.97 Å². The maximum absolute atomic E-state index is 5.38.